The number of hydrogen-bond donors (Lipinski definition) is 1. The van der Waals surface area contributed by atoms with Gasteiger partial charge in [0.2, 0.25) is 4.77 Å². The molecule has 0 unspecified atom stereocenters. The molecule has 1 aliphatic heterocycles. The Morgan fingerprint density at radius 2 is 2.25 bits per heavy atom. The van der Waals surface area contributed by atoms with Crippen LogP contribution in [0.25, 0.3) is 11.4 Å². The molecular weight excluding hydrogens is 396 g/mol. The van der Waals surface area contributed by atoms with Crippen LogP contribution in [-0.2, 0) is 6.42 Å². The monoisotopic (exact) mass is 414 g/mol. The van der Waals surface area contributed by atoms with Crippen LogP contribution in [0, 0.1) is 4.77 Å². The lowest BCUT2D eigenvalue weighted by atomic mass is 10.1. The minimum atomic E-state index is 0.158. The number of halogens is 1. The van der Waals surface area contributed by atoms with Gasteiger partial charge in [-0.2, -0.15) is 14.9 Å². The molecule has 0 amide bonds. The molecule has 1 N–H and O–H groups in total. The van der Waals surface area contributed by atoms with Crippen molar-refractivity contribution in [3.05, 3.63) is 57.3 Å². The highest BCUT2D eigenvalue weighted by atomic mass is 35.5. The second kappa shape index (κ2) is 7.77. The zero-order chi connectivity index (χ0) is 19.7. The largest absolute Gasteiger partial charge is 0.493 e. The van der Waals surface area contributed by atoms with Gasteiger partial charge in [-0.15, -0.1) is 0 Å². The van der Waals surface area contributed by atoms with Gasteiger partial charge in [0, 0.05) is 23.1 Å². The minimum absolute atomic E-state index is 0.158. The molecule has 1 aromatic heterocycles. The van der Waals surface area contributed by atoms with Crippen molar-refractivity contribution in [1.82, 2.24) is 14.9 Å². The Kier molecular flexibility index (Phi) is 5.19. The third-order valence-corrected chi connectivity index (χ3v) is 5.00. The van der Waals surface area contributed by atoms with Gasteiger partial charge in [-0.05, 0) is 50.3 Å². The summed E-state index contributed by atoms with van der Waals surface area (Å²) in [6.45, 7) is 4.57. The molecule has 2 aromatic carbocycles. The molecule has 0 saturated carbocycles. The number of benzene rings is 2. The van der Waals surface area contributed by atoms with E-state index in [1.807, 2.05) is 37.3 Å². The smallest absolute Gasteiger partial charge is 0.216 e. The van der Waals surface area contributed by atoms with Crippen molar-refractivity contribution in [2.75, 3.05) is 6.61 Å². The first-order valence-electron chi connectivity index (χ1n) is 9.00. The second-order valence-electron chi connectivity index (χ2n) is 6.45. The van der Waals surface area contributed by atoms with Gasteiger partial charge in [-0.25, -0.2) is 5.10 Å². The van der Waals surface area contributed by atoms with E-state index in [-0.39, 0.29) is 6.10 Å². The highest BCUT2D eigenvalue weighted by Gasteiger charge is 2.21. The van der Waals surface area contributed by atoms with Crippen LogP contribution in [0.5, 0.6) is 11.5 Å². The average Bonchev–Trinajstić information content (AvgIpc) is 3.21. The van der Waals surface area contributed by atoms with E-state index in [4.69, 9.17) is 33.3 Å². The first-order valence-corrected chi connectivity index (χ1v) is 9.78. The van der Waals surface area contributed by atoms with E-state index in [1.54, 1.807) is 17.0 Å². The summed E-state index contributed by atoms with van der Waals surface area (Å²) in [5.41, 5.74) is 2.69. The van der Waals surface area contributed by atoms with E-state index in [0.29, 0.717) is 22.2 Å². The topological polar surface area (TPSA) is 64.4 Å². The molecule has 0 spiro atoms. The number of rotatable bonds is 5. The quantitative estimate of drug-likeness (QED) is 0.478. The van der Waals surface area contributed by atoms with Crippen LogP contribution < -0.4 is 9.47 Å². The molecule has 3 aromatic rings. The summed E-state index contributed by atoms with van der Waals surface area (Å²) in [5.74, 6) is 2.16. The lowest BCUT2D eigenvalue weighted by Gasteiger charge is -2.10. The molecule has 0 aliphatic carbocycles. The molecule has 0 bridgehead atoms. The Morgan fingerprint density at radius 3 is 3.04 bits per heavy atom. The molecule has 1 atom stereocenters. The first kappa shape index (κ1) is 18.7. The van der Waals surface area contributed by atoms with E-state index in [9.17, 15) is 0 Å². The van der Waals surface area contributed by atoms with Gasteiger partial charge in [0.15, 0.2) is 5.82 Å². The lowest BCUT2D eigenvalue weighted by Crippen LogP contribution is -2.05. The summed E-state index contributed by atoms with van der Waals surface area (Å²) in [7, 11) is 0. The van der Waals surface area contributed by atoms with E-state index in [1.165, 1.54) is 0 Å². The molecule has 8 heteroatoms. The molecule has 1 aliphatic rings. The third-order valence-electron chi connectivity index (χ3n) is 4.41. The van der Waals surface area contributed by atoms with Crippen LogP contribution in [0.4, 0.5) is 0 Å². The lowest BCUT2D eigenvalue weighted by molar-refractivity contribution is 0.254. The summed E-state index contributed by atoms with van der Waals surface area (Å²) >= 11 is 11.7. The molecule has 0 fully saturated rings. The van der Waals surface area contributed by atoms with Gasteiger partial charge in [-0.3, -0.25) is 0 Å². The zero-order valence-corrected chi connectivity index (χ0v) is 17.0. The number of H-pyrrole nitrogens is 1. The summed E-state index contributed by atoms with van der Waals surface area (Å²) in [4.78, 5) is 0. The van der Waals surface area contributed by atoms with Crippen LogP contribution in [0.1, 0.15) is 25.0 Å². The van der Waals surface area contributed by atoms with Gasteiger partial charge in [0.05, 0.1) is 17.8 Å². The maximum Gasteiger partial charge on any atom is 0.216 e. The molecule has 0 radical (unpaired) electrons. The number of aromatic amines is 1. The average molecular weight is 415 g/mol. The number of nitrogens with zero attached hydrogens (tertiary/aromatic N) is 3. The van der Waals surface area contributed by atoms with Gasteiger partial charge in [-0.1, -0.05) is 23.7 Å². The van der Waals surface area contributed by atoms with Crippen molar-refractivity contribution < 1.29 is 9.47 Å². The van der Waals surface area contributed by atoms with Gasteiger partial charge >= 0.3 is 0 Å². The van der Waals surface area contributed by atoms with Gasteiger partial charge in [0.25, 0.3) is 0 Å². The van der Waals surface area contributed by atoms with E-state index in [2.05, 4.69) is 22.2 Å². The first-order chi connectivity index (χ1) is 13.6. The molecule has 4 rings (SSSR count). The fourth-order valence-corrected chi connectivity index (χ4v) is 3.57. The van der Waals surface area contributed by atoms with Crippen molar-refractivity contribution in [2.24, 2.45) is 5.10 Å². The Morgan fingerprint density at radius 1 is 1.43 bits per heavy atom. The molecular formula is C20H19ClN4O2S. The third kappa shape index (κ3) is 3.55. The summed E-state index contributed by atoms with van der Waals surface area (Å²) in [6.07, 6.45) is 2.73. The maximum absolute atomic E-state index is 6.31. The standard InChI is InChI=1S/C20H19ClN4O2S/c1-3-26-17-9-13-8-12(2)27-18(13)10-14(17)11-22-25-19(23-24-20(25)28)15-6-4-5-7-16(15)21/h4-7,9-12H,3,8H2,1-2H3,(H,24,28)/b22-11-/t12-/m1/s1. The number of hydrogen-bond acceptors (Lipinski definition) is 5. The van der Waals surface area contributed by atoms with Gasteiger partial charge < -0.3 is 9.47 Å². The minimum Gasteiger partial charge on any atom is -0.493 e. The van der Waals surface area contributed by atoms with Crippen LogP contribution in [0.3, 0.4) is 0 Å². The fraction of sp³-hybridized carbons (Fsp3) is 0.250. The zero-order valence-electron chi connectivity index (χ0n) is 15.5. The fourth-order valence-electron chi connectivity index (χ4n) is 3.17. The number of nitrogens with one attached hydrogen (secondary N) is 1. The van der Waals surface area contributed by atoms with Crippen LogP contribution in [0.15, 0.2) is 41.5 Å². The van der Waals surface area contributed by atoms with E-state index >= 15 is 0 Å². The molecule has 0 saturated heterocycles. The molecule has 2 heterocycles. The van der Waals surface area contributed by atoms with Crippen molar-refractivity contribution in [2.45, 2.75) is 26.4 Å². The summed E-state index contributed by atoms with van der Waals surface area (Å²) < 4.78 is 13.6. The summed E-state index contributed by atoms with van der Waals surface area (Å²) in [6, 6.07) is 11.4. The molecule has 144 valence electrons. The predicted molar refractivity (Wildman–Crippen MR) is 112 cm³/mol. The number of ether oxygens (including phenoxy) is 2. The van der Waals surface area contributed by atoms with Crippen molar-refractivity contribution in [3.63, 3.8) is 0 Å². The normalized spacial score (nSPS) is 15.6. The highest BCUT2D eigenvalue weighted by molar-refractivity contribution is 7.71. The number of fused-ring (bicyclic) bond motifs is 1. The Labute approximate surface area is 172 Å². The number of aromatic nitrogens is 3. The SMILES string of the molecule is CCOc1cc2c(cc1/C=N\n1c(-c3ccccc3Cl)n[nH]c1=S)O[C@H](C)C2. The van der Waals surface area contributed by atoms with Crippen molar-refractivity contribution in [3.8, 4) is 22.9 Å². The Hall–Kier alpha value is -2.64. The highest BCUT2D eigenvalue weighted by Crippen LogP contribution is 2.34. The molecule has 6 nitrogen and oxygen atoms in total. The second-order valence-corrected chi connectivity index (χ2v) is 7.25. The van der Waals surface area contributed by atoms with Gasteiger partial charge in [0.1, 0.15) is 17.6 Å². The van der Waals surface area contributed by atoms with E-state index in [0.717, 1.165) is 34.6 Å². The van der Waals surface area contributed by atoms with E-state index < -0.39 is 0 Å². The Balaban J connectivity index is 1.75. The van der Waals surface area contributed by atoms with Crippen molar-refractivity contribution >= 4 is 30.0 Å². The summed E-state index contributed by atoms with van der Waals surface area (Å²) in [5, 5.41) is 12.2. The van der Waals surface area contributed by atoms with Crippen LogP contribution >= 0.6 is 23.8 Å². The predicted octanol–water partition coefficient (Wildman–Crippen LogP) is 4.87. The maximum atomic E-state index is 6.31. The van der Waals surface area contributed by atoms with Crippen LogP contribution in [0.2, 0.25) is 5.02 Å². The Bertz CT molecular complexity index is 1110. The van der Waals surface area contributed by atoms with Crippen LogP contribution in [-0.4, -0.2) is 33.8 Å². The molecule has 28 heavy (non-hydrogen) atoms. The van der Waals surface area contributed by atoms with Crippen molar-refractivity contribution in [1.29, 1.82) is 0 Å².